The van der Waals surface area contributed by atoms with Crippen molar-refractivity contribution in [2.45, 2.75) is 30.9 Å². The Hall–Kier alpha value is -2.57. The second kappa shape index (κ2) is 6.06. The maximum Gasteiger partial charge on any atom is 0.266 e. The minimum Gasteiger partial charge on any atom is -0.492 e. The van der Waals surface area contributed by atoms with Crippen LogP contribution < -0.4 is 9.46 Å². The minimum atomic E-state index is -3.93. The number of nitriles is 1. The van der Waals surface area contributed by atoms with Crippen LogP contribution in [0.3, 0.4) is 0 Å². The predicted molar refractivity (Wildman–Crippen MR) is 87.7 cm³/mol. The van der Waals surface area contributed by atoms with Crippen LogP contribution in [0.15, 0.2) is 23.1 Å². The fourth-order valence-electron chi connectivity index (χ4n) is 3.11. The molecule has 0 bridgehead atoms. The van der Waals surface area contributed by atoms with Gasteiger partial charge in [0, 0.05) is 6.54 Å². The molecule has 130 valence electrons. The van der Waals surface area contributed by atoms with Gasteiger partial charge in [-0.2, -0.15) is 5.26 Å². The second-order valence-electron chi connectivity index (χ2n) is 5.84. The van der Waals surface area contributed by atoms with Crippen molar-refractivity contribution in [1.82, 2.24) is 9.55 Å². The summed E-state index contributed by atoms with van der Waals surface area (Å²) in [7, 11) is -3.93. The van der Waals surface area contributed by atoms with E-state index in [1.165, 1.54) is 6.07 Å². The number of rotatable bonds is 3. The fourth-order valence-corrected chi connectivity index (χ4v) is 4.31. The minimum absolute atomic E-state index is 0.0245. The van der Waals surface area contributed by atoms with Gasteiger partial charge in [-0.1, -0.05) is 12.1 Å². The van der Waals surface area contributed by atoms with E-state index in [2.05, 4.69) is 9.71 Å². The Morgan fingerprint density at radius 2 is 2.20 bits per heavy atom. The molecule has 4 rings (SSSR count). The van der Waals surface area contributed by atoms with Gasteiger partial charge >= 0.3 is 0 Å². The standard InChI is InChI=1S/C16H16N4O4S/c17-9-12-16(18-14-10-23-8-6-20(12)14)19-25(21,22)13-5-1-3-11-4-2-7-24-15(11)13/h1,3,5,19H,2,4,6-8,10H2. The van der Waals surface area contributed by atoms with Gasteiger partial charge in [0.1, 0.15) is 29.1 Å². The van der Waals surface area contributed by atoms with Crippen LogP contribution in [-0.2, 0) is 34.3 Å². The van der Waals surface area contributed by atoms with Crippen LogP contribution in [0.1, 0.15) is 23.5 Å². The highest BCUT2D eigenvalue weighted by atomic mass is 32.2. The van der Waals surface area contributed by atoms with Gasteiger partial charge in [-0.3, -0.25) is 4.72 Å². The van der Waals surface area contributed by atoms with Crippen molar-refractivity contribution in [1.29, 1.82) is 5.26 Å². The molecule has 1 aromatic heterocycles. The highest BCUT2D eigenvalue weighted by Gasteiger charge is 2.28. The van der Waals surface area contributed by atoms with Crippen molar-refractivity contribution in [3.05, 3.63) is 35.3 Å². The normalized spacial score (nSPS) is 16.3. The maximum atomic E-state index is 12.9. The molecule has 3 heterocycles. The Kier molecular flexibility index (Phi) is 3.86. The molecule has 25 heavy (non-hydrogen) atoms. The lowest BCUT2D eigenvalue weighted by Gasteiger charge is -2.20. The Bertz CT molecular complexity index is 975. The van der Waals surface area contributed by atoms with E-state index in [1.54, 1.807) is 10.6 Å². The molecule has 1 aromatic carbocycles. The number of aryl methyl sites for hydroxylation is 1. The van der Waals surface area contributed by atoms with E-state index in [9.17, 15) is 13.7 Å². The highest BCUT2D eigenvalue weighted by molar-refractivity contribution is 7.92. The first kappa shape index (κ1) is 15.9. The van der Waals surface area contributed by atoms with Crippen molar-refractivity contribution in [2.75, 3.05) is 17.9 Å². The topological polar surface area (TPSA) is 106 Å². The molecule has 2 aromatic rings. The van der Waals surface area contributed by atoms with Gasteiger partial charge in [0.2, 0.25) is 0 Å². The molecule has 2 aliphatic rings. The van der Waals surface area contributed by atoms with E-state index in [0.29, 0.717) is 31.3 Å². The van der Waals surface area contributed by atoms with Gasteiger partial charge < -0.3 is 14.0 Å². The van der Waals surface area contributed by atoms with Crippen LogP contribution in [0.2, 0.25) is 0 Å². The van der Waals surface area contributed by atoms with E-state index in [-0.39, 0.29) is 23.0 Å². The third-order valence-corrected chi connectivity index (χ3v) is 5.62. The number of fused-ring (bicyclic) bond motifs is 2. The first-order valence-electron chi connectivity index (χ1n) is 7.95. The molecule has 0 amide bonds. The van der Waals surface area contributed by atoms with Crippen molar-refractivity contribution in [3.63, 3.8) is 0 Å². The van der Waals surface area contributed by atoms with Crippen LogP contribution in [0, 0.1) is 11.3 Å². The summed E-state index contributed by atoms with van der Waals surface area (Å²) in [6, 6.07) is 7.08. The molecule has 0 spiro atoms. The molecule has 0 unspecified atom stereocenters. The van der Waals surface area contributed by atoms with Gasteiger partial charge in [0.15, 0.2) is 11.5 Å². The first-order valence-corrected chi connectivity index (χ1v) is 9.43. The molecule has 9 heteroatoms. The lowest BCUT2D eigenvalue weighted by Crippen LogP contribution is -2.19. The van der Waals surface area contributed by atoms with Crippen LogP contribution in [0.4, 0.5) is 5.82 Å². The SMILES string of the molecule is N#Cc1c(NS(=O)(=O)c2cccc3c2OCCC3)nc2n1CCOC2. The summed E-state index contributed by atoms with van der Waals surface area (Å²) in [5.74, 6) is 0.940. The summed E-state index contributed by atoms with van der Waals surface area (Å²) in [5.41, 5.74) is 1.06. The van der Waals surface area contributed by atoms with Crippen molar-refractivity contribution < 1.29 is 17.9 Å². The zero-order valence-electron chi connectivity index (χ0n) is 13.4. The summed E-state index contributed by atoms with van der Waals surface area (Å²) < 4.78 is 40.8. The Balaban J connectivity index is 1.74. The third-order valence-electron chi connectivity index (χ3n) is 4.26. The van der Waals surface area contributed by atoms with E-state index in [4.69, 9.17) is 9.47 Å². The number of sulfonamides is 1. The molecular weight excluding hydrogens is 344 g/mol. The number of imidazole rings is 1. The number of benzene rings is 1. The average molecular weight is 360 g/mol. The average Bonchev–Trinajstić information content (AvgIpc) is 2.97. The number of ether oxygens (including phenoxy) is 2. The van der Waals surface area contributed by atoms with Gasteiger partial charge in [0.25, 0.3) is 10.0 Å². The zero-order valence-corrected chi connectivity index (χ0v) is 14.2. The molecule has 1 N–H and O–H groups in total. The van der Waals surface area contributed by atoms with Gasteiger partial charge in [0.05, 0.1) is 13.2 Å². The lowest BCUT2D eigenvalue weighted by atomic mass is 10.1. The molecule has 0 atom stereocenters. The smallest absolute Gasteiger partial charge is 0.266 e. The predicted octanol–water partition coefficient (Wildman–Crippen LogP) is 1.41. The Labute approximate surface area is 145 Å². The van der Waals surface area contributed by atoms with Crippen LogP contribution in [-0.4, -0.2) is 31.2 Å². The maximum absolute atomic E-state index is 12.9. The number of anilines is 1. The molecular formula is C16H16N4O4S. The summed E-state index contributed by atoms with van der Waals surface area (Å²) in [6.45, 7) is 1.67. The number of nitrogens with one attached hydrogen (secondary N) is 1. The van der Waals surface area contributed by atoms with Crippen LogP contribution in [0.25, 0.3) is 0 Å². The number of nitrogens with zero attached hydrogens (tertiary/aromatic N) is 3. The first-order chi connectivity index (χ1) is 12.1. The van der Waals surface area contributed by atoms with Crippen LogP contribution >= 0.6 is 0 Å². The highest BCUT2D eigenvalue weighted by Crippen LogP contribution is 2.33. The van der Waals surface area contributed by atoms with Gasteiger partial charge in [-0.25, -0.2) is 13.4 Å². The number of aromatic nitrogens is 2. The third kappa shape index (κ3) is 2.73. The van der Waals surface area contributed by atoms with Crippen molar-refractivity contribution >= 4 is 15.8 Å². The number of para-hydroxylation sites is 1. The number of hydrogen-bond acceptors (Lipinski definition) is 6. The fraction of sp³-hybridized carbons (Fsp3) is 0.375. The lowest BCUT2D eigenvalue weighted by molar-refractivity contribution is 0.0813. The summed E-state index contributed by atoms with van der Waals surface area (Å²) in [4.78, 5) is 4.29. The zero-order chi connectivity index (χ0) is 17.4. The van der Waals surface area contributed by atoms with Gasteiger partial charge in [-0.15, -0.1) is 0 Å². The van der Waals surface area contributed by atoms with E-state index >= 15 is 0 Å². The monoisotopic (exact) mass is 360 g/mol. The molecule has 8 nitrogen and oxygen atoms in total. The van der Waals surface area contributed by atoms with E-state index < -0.39 is 10.0 Å². The quantitative estimate of drug-likeness (QED) is 0.887. The summed E-state index contributed by atoms with van der Waals surface area (Å²) in [6.07, 6.45) is 1.63. The Morgan fingerprint density at radius 3 is 3.04 bits per heavy atom. The molecule has 0 saturated heterocycles. The van der Waals surface area contributed by atoms with Crippen molar-refractivity contribution in [2.24, 2.45) is 0 Å². The van der Waals surface area contributed by atoms with E-state index in [0.717, 1.165) is 18.4 Å². The van der Waals surface area contributed by atoms with Gasteiger partial charge in [-0.05, 0) is 24.5 Å². The second-order valence-corrected chi connectivity index (χ2v) is 7.49. The summed E-state index contributed by atoms with van der Waals surface area (Å²) in [5, 5.41) is 9.41. The number of hydrogen-bond donors (Lipinski definition) is 1. The Morgan fingerprint density at radius 1 is 1.32 bits per heavy atom. The molecule has 0 radical (unpaired) electrons. The van der Waals surface area contributed by atoms with Crippen LogP contribution in [0.5, 0.6) is 5.75 Å². The largest absolute Gasteiger partial charge is 0.492 e. The van der Waals surface area contributed by atoms with Crippen molar-refractivity contribution in [3.8, 4) is 11.8 Å². The molecule has 0 fully saturated rings. The van der Waals surface area contributed by atoms with E-state index in [1.807, 2.05) is 12.1 Å². The molecule has 0 aliphatic carbocycles. The summed E-state index contributed by atoms with van der Waals surface area (Å²) >= 11 is 0. The molecule has 0 saturated carbocycles. The molecule has 2 aliphatic heterocycles.